The summed E-state index contributed by atoms with van der Waals surface area (Å²) >= 11 is 4.96. The van der Waals surface area contributed by atoms with E-state index >= 15 is 0 Å². The van der Waals surface area contributed by atoms with Crippen molar-refractivity contribution in [3.8, 4) is 0 Å². The van der Waals surface area contributed by atoms with Gasteiger partial charge in [-0.1, -0.05) is 15.9 Å². The highest BCUT2D eigenvalue weighted by Crippen LogP contribution is 2.19. The van der Waals surface area contributed by atoms with E-state index in [-0.39, 0.29) is 10.7 Å². The van der Waals surface area contributed by atoms with Gasteiger partial charge in [0.1, 0.15) is 10.0 Å². The Bertz CT molecular complexity index is 368. The number of carbonyl (C=O) groups excluding carboxylic acids is 1. The lowest BCUT2D eigenvalue weighted by Crippen LogP contribution is -2.29. The summed E-state index contributed by atoms with van der Waals surface area (Å²) in [6.45, 7) is 3.55. The second-order valence-electron chi connectivity index (χ2n) is 3.55. The van der Waals surface area contributed by atoms with Crippen molar-refractivity contribution in [1.29, 1.82) is 0 Å². The number of hydrogen-bond acceptors (Lipinski definition) is 4. The van der Waals surface area contributed by atoms with Gasteiger partial charge < -0.3 is 4.90 Å². The Balaban J connectivity index is 1.86. The monoisotopic (exact) mass is 289 g/mol. The Morgan fingerprint density at radius 2 is 2.40 bits per heavy atom. The molecule has 6 heteroatoms. The standard InChI is InChI=1S/C9H12BrN3OS/c1-6-11-12-8(15-6)3-5-13-4-2-7(10)9(13)14/h7H,2-5H2,1H3. The van der Waals surface area contributed by atoms with Gasteiger partial charge in [0, 0.05) is 19.5 Å². The molecule has 1 aromatic heterocycles. The molecule has 2 heterocycles. The number of aromatic nitrogens is 2. The molecule has 0 radical (unpaired) electrons. The molecule has 1 aromatic rings. The average molecular weight is 290 g/mol. The number of amides is 1. The Kier molecular flexibility index (Phi) is 3.35. The molecule has 0 aromatic carbocycles. The number of alkyl halides is 1. The van der Waals surface area contributed by atoms with Gasteiger partial charge in [-0.2, -0.15) is 0 Å². The van der Waals surface area contributed by atoms with Crippen molar-refractivity contribution in [3.05, 3.63) is 10.0 Å². The molecule has 1 atom stereocenters. The molecule has 1 fully saturated rings. The van der Waals surface area contributed by atoms with Crippen LogP contribution in [0.1, 0.15) is 16.4 Å². The summed E-state index contributed by atoms with van der Waals surface area (Å²) in [5, 5.41) is 9.99. The zero-order chi connectivity index (χ0) is 10.8. The maximum Gasteiger partial charge on any atom is 0.236 e. The second kappa shape index (κ2) is 4.57. The number of nitrogens with zero attached hydrogens (tertiary/aromatic N) is 3. The van der Waals surface area contributed by atoms with E-state index in [2.05, 4.69) is 26.1 Å². The molecule has 1 saturated heterocycles. The van der Waals surface area contributed by atoms with Gasteiger partial charge in [0.05, 0.1) is 4.83 Å². The van der Waals surface area contributed by atoms with Gasteiger partial charge in [-0.25, -0.2) is 0 Å². The molecule has 4 nitrogen and oxygen atoms in total. The highest BCUT2D eigenvalue weighted by molar-refractivity contribution is 9.10. The van der Waals surface area contributed by atoms with Crippen LogP contribution in [0.4, 0.5) is 0 Å². The average Bonchev–Trinajstić information content (AvgIpc) is 2.74. The van der Waals surface area contributed by atoms with Crippen LogP contribution in [0.5, 0.6) is 0 Å². The van der Waals surface area contributed by atoms with Gasteiger partial charge in [-0.3, -0.25) is 4.79 Å². The van der Waals surface area contributed by atoms with Crippen molar-refractivity contribution in [2.75, 3.05) is 13.1 Å². The largest absolute Gasteiger partial charge is 0.341 e. The zero-order valence-corrected chi connectivity index (χ0v) is 10.8. The molecular weight excluding hydrogens is 278 g/mol. The van der Waals surface area contributed by atoms with Gasteiger partial charge in [-0.05, 0) is 13.3 Å². The van der Waals surface area contributed by atoms with Crippen LogP contribution in [0.3, 0.4) is 0 Å². The first-order chi connectivity index (χ1) is 7.16. The third kappa shape index (κ3) is 2.55. The third-order valence-electron chi connectivity index (χ3n) is 2.40. The van der Waals surface area contributed by atoms with Crippen molar-refractivity contribution in [2.24, 2.45) is 0 Å². The summed E-state index contributed by atoms with van der Waals surface area (Å²) in [4.78, 5) is 13.5. The lowest BCUT2D eigenvalue weighted by atomic mass is 10.4. The molecule has 1 unspecified atom stereocenters. The smallest absolute Gasteiger partial charge is 0.236 e. The van der Waals surface area contributed by atoms with Crippen molar-refractivity contribution in [3.63, 3.8) is 0 Å². The van der Waals surface area contributed by atoms with Gasteiger partial charge in [-0.15, -0.1) is 21.5 Å². The van der Waals surface area contributed by atoms with Crippen molar-refractivity contribution in [1.82, 2.24) is 15.1 Å². The van der Waals surface area contributed by atoms with E-state index in [1.54, 1.807) is 11.3 Å². The summed E-state index contributed by atoms with van der Waals surface area (Å²) < 4.78 is 0. The topological polar surface area (TPSA) is 46.1 Å². The molecule has 0 N–H and O–H groups in total. The van der Waals surface area contributed by atoms with Crippen LogP contribution >= 0.6 is 27.3 Å². The van der Waals surface area contributed by atoms with E-state index in [1.165, 1.54) is 0 Å². The molecule has 1 amide bonds. The number of carbonyl (C=O) groups is 1. The predicted octanol–water partition coefficient (Wildman–Crippen LogP) is 1.38. The van der Waals surface area contributed by atoms with E-state index in [0.29, 0.717) is 0 Å². The summed E-state index contributed by atoms with van der Waals surface area (Å²) in [6, 6.07) is 0. The van der Waals surface area contributed by atoms with E-state index in [9.17, 15) is 4.79 Å². The fourth-order valence-electron chi connectivity index (χ4n) is 1.59. The number of likely N-dealkylation sites (tertiary alicyclic amines) is 1. The number of aryl methyl sites for hydroxylation is 1. The summed E-state index contributed by atoms with van der Waals surface area (Å²) in [7, 11) is 0. The Hall–Kier alpha value is -0.490. The van der Waals surface area contributed by atoms with Gasteiger partial charge in [0.25, 0.3) is 0 Å². The number of rotatable bonds is 3. The van der Waals surface area contributed by atoms with Crippen LogP contribution < -0.4 is 0 Å². The molecule has 0 spiro atoms. The third-order valence-corrected chi connectivity index (χ3v) is 4.14. The molecular formula is C9H12BrN3OS. The van der Waals surface area contributed by atoms with Crippen LogP contribution in [-0.4, -0.2) is 38.9 Å². The normalized spacial score (nSPS) is 21.3. The lowest BCUT2D eigenvalue weighted by Gasteiger charge is -2.14. The lowest BCUT2D eigenvalue weighted by molar-refractivity contribution is -0.127. The maximum atomic E-state index is 11.6. The summed E-state index contributed by atoms with van der Waals surface area (Å²) in [5.41, 5.74) is 0. The van der Waals surface area contributed by atoms with E-state index in [0.717, 1.165) is 35.9 Å². The fourth-order valence-corrected chi connectivity index (χ4v) is 2.78. The SMILES string of the molecule is Cc1nnc(CCN2CCC(Br)C2=O)s1. The first kappa shape index (κ1) is 11.0. The van der Waals surface area contributed by atoms with Gasteiger partial charge in [0.15, 0.2) is 0 Å². The minimum absolute atomic E-state index is 0.0219. The van der Waals surface area contributed by atoms with Crippen LogP contribution in [0, 0.1) is 6.92 Å². The van der Waals surface area contributed by atoms with E-state index in [1.807, 2.05) is 11.8 Å². The second-order valence-corrected chi connectivity index (χ2v) is 5.92. The summed E-state index contributed by atoms with van der Waals surface area (Å²) in [5.74, 6) is 0.205. The molecule has 0 aliphatic carbocycles. The Morgan fingerprint density at radius 3 is 2.93 bits per heavy atom. The van der Waals surface area contributed by atoms with Gasteiger partial charge in [0.2, 0.25) is 5.91 Å². The van der Waals surface area contributed by atoms with Crippen LogP contribution in [-0.2, 0) is 11.2 Å². The molecule has 15 heavy (non-hydrogen) atoms. The first-order valence-electron chi connectivity index (χ1n) is 4.88. The van der Waals surface area contributed by atoms with Crippen LogP contribution in [0.15, 0.2) is 0 Å². The predicted molar refractivity (Wildman–Crippen MR) is 62.3 cm³/mol. The minimum atomic E-state index is 0.0219. The molecule has 1 aliphatic heterocycles. The fraction of sp³-hybridized carbons (Fsp3) is 0.667. The molecule has 1 aliphatic rings. The van der Waals surface area contributed by atoms with Crippen molar-refractivity contribution in [2.45, 2.75) is 24.6 Å². The highest BCUT2D eigenvalue weighted by Gasteiger charge is 2.28. The Labute approximate surface area is 101 Å². The van der Waals surface area contributed by atoms with Crippen LogP contribution in [0.25, 0.3) is 0 Å². The highest BCUT2D eigenvalue weighted by atomic mass is 79.9. The van der Waals surface area contributed by atoms with E-state index < -0.39 is 0 Å². The Morgan fingerprint density at radius 1 is 1.60 bits per heavy atom. The van der Waals surface area contributed by atoms with Gasteiger partial charge >= 0.3 is 0 Å². The molecule has 0 bridgehead atoms. The van der Waals surface area contributed by atoms with Crippen molar-refractivity contribution < 1.29 is 4.79 Å². The van der Waals surface area contributed by atoms with E-state index in [4.69, 9.17) is 0 Å². The molecule has 0 saturated carbocycles. The first-order valence-corrected chi connectivity index (χ1v) is 6.62. The zero-order valence-electron chi connectivity index (χ0n) is 8.44. The maximum absolute atomic E-state index is 11.6. The number of halogens is 1. The quantitative estimate of drug-likeness (QED) is 0.790. The number of hydrogen-bond donors (Lipinski definition) is 0. The molecule has 82 valence electrons. The molecule has 2 rings (SSSR count). The minimum Gasteiger partial charge on any atom is -0.341 e. The van der Waals surface area contributed by atoms with Crippen molar-refractivity contribution >= 4 is 33.2 Å². The van der Waals surface area contributed by atoms with Crippen LogP contribution in [0.2, 0.25) is 0 Å². The summed E-state index contributed by atoms with van der Waals surface area (Å²) in [6.07, 6.45) is 1.73.